The number of anilines is 1. The first kappa shape index (κ1) is 19.0. The maximum absolute atomic E-state index is 12.2. The van der Waals surface area contributed by atoms with Crippen LogP contribution >= 0.6 is 0 Å². The molecule has 0 aromatic heterocycles. The average molecular weight is 359 g/mol. The minimum Gasteiger partial charge on any atom is -0.371 e. The largest absolute Gasteiger partial charge is 0.371 e. The van der Waals surface area contributed by atoms with Crippen molar-refractivity contribution in [3.8, 4) is 0 Å². The summed E-state index contributed by atoms with van der Waals surface area (Å²) < 4.78 is 0. The lowest BCUT2D eigenvalue weighted by Gasteiger charge is -2.32. The van der Waals surface area contributed by atoms with E-state index in [4.69, 9.17) is 0 Å². The van der Waals surface area contributed by atoms with Crippen molar-refractivity contribution >= 4 is 11.7 Å². The van der Waals surface area contributed by atoms with Crippen LogP contribution < -0.4 is 15.5 Å². The van der Waals surface area contributed by atoms with E-state index in [2.05, 4.69) is 64.6 Å². The lowest BCUT2D eigenvalue weighted by Crippen LogP contribution is -2.48. The van der Waals surface area contributed by atoms with Gasteiger partial charge in [-0.1, -0.05) is 25.1 Å². The van der Waals surface area contributed by atoms with Crippen molar-refractivity contribution in [2.75, 3.05) is 44.2 Å². The van der Waals surface area contributed by atoms with Crippen LogP contribution in [-0.2, 0) is 0 Å². The second kappa shape index (κ2) is 9.26. The number of hydrogen-bond acceptors (Lipinski definition) is 3. The molecule has 0 radical (unpaired) electrons. The van der Waals surface area contributed by atoms with Gasteiger partial charge < -0.3 is 20.4 Å². The first-order valence-electron chi connectivity index (χ1n) is 10.2. The Morgan fingerprint density at radius 1 is 1.19 bits per heavy atom. The van der Waals surface area contributed by atoms with Crippen molar-refractivity contribution in [3.05, 3.63) is 30.3 Å². The fraction of sp³-hybridized carbons (Fsp3) is 0.667. The molecule has 3 rings (SSSR count). The first-order chi connectivity index (χ1) is 12.6. The van der Waals surface area contributed by atoms with Gasteiger partial charge in [-0.15, -0.1) is 0 Å². The molecule has 0 unspecified atom stereocenters. The normalized spacial score (nSPS) is 25.1. The summed E-state index contributed by atoms with van der Waals surface area (Å²) in [5.74, 6) is 1.30. The number of nitrogens with one attached hydrogen (secondary N) is 2. The van der Waals surface area contributed by atoms with Crippen LogP contribution in [0.5, 0.6) is 0 Å². The number of piperidine rings is 1. The highest BCUT2D eigenvalue weighted by atomic mass is 16.2. The molecule has 2 heterocycles. The Morgan fingerprint density at radius 2 is 2.00 bits per heavy atom. The van der Waals surface area contributed by atoms with Gasteiger partial charge in [0.25, 0.3) is 0 Å². The van der Waals surface area contributed by atoms with Crippen LogP contribution in [0.2, 0.25) is 0 Å². The minimum atomic E-state index is -0.0271. The van der Waals surface area contributed by atoms with Gasteiger partial charge in [0.15, 0.2) is 0 Å². The lowest BCUT2D eigenvalue weighted by molar-refractivity contribution is 0.169. The number of para-hydroxylation sites is 1. The quantitative estimate of drug-likeness (QED) is 0.822. The number of rotatable bonds is 6. The summed E-state index contributed by atoms with van der Waals surface area (Å²) >= 11 is 0. The summed E-state index contributed by atoms with van der Waals surface area (Å²) in [5.41, 5.74) is 1.28. The topological polar surface area (TPSA) is 47.6 Å². The predicted octanol–water partition coefficient (Wildman–Crippen LogP) is 2.93. The number of nitrogens with zero attached hydrogens (tertiary/aromatic N) is 2. The summed E-state index contributed by atoms with van der Waals surface area (Å²) in [6, 6.07) is 10.7. The summed E-state index contributed by atoms with van der Waals surface area (Å²) in [4.78, 5) is 17.1. The van der Waals surface area contributed by atoms with Crippen molar-refractivity contribution in [1.82, 2.24) is 15.5 Å². The minimum absolute atomic E-state index is 0.0271. The predicted molar refractivity (Wildman–Crippen MR) is 108 cm³/mol. The van der Waals surface area contributed by atoms with Crippen LogP contribution in [0.3, 0.4) is 0 Å². The molecule has 1 aromatic rings. The smallest absolute Gasteiger partial charge is 0.315 e. The van der Waals surface area contributed by atoms with Crippen molar-refractivity contribution < 1.29 is 4.79 Å². The Labute approximate surface area is 158 Å². The van der Waals surface area contributed by atoms with Gasteiger partial charge in [-0.05, 0) is 56.7 Å². The van der Waals surface area contributed by atoms with Crippen molar-refractivity contribution in [1.29, 1.82) is 0 Å². The van der Waals surface area contributed by atoms with Crippen LogP contribution in [0.1, 0.15) is 33.1 Å². The highest BCUT2D eigenvalue weighted by Gasteiger charge is 2.23. The fourth-order valence-corrected chi connectivity index (χ4v) is 4.27. The molecule has 3 atom stereocenters. The standard InChI is InChI=1S/C21H34N4O/c1-17-7-6-11-24(14-17)15-18(2)23-21(26)22-13-19-10-12-25(16-19)20-8-4-3-5-9-20/h3-5,8-9,17-19H,6-7,10-16H2,1-2H3,(H2,22,23,26)/t17-,18-,19+/m1/s1. The summed E-state index contributed by atoms with van der Waals surface area (Å²) in [6.45, 7) is 10.5. The molecule has 0 saturated carbocycles. The molecule has 0 aliphatic carbocycles. The monoisotopic (exact) mass is 358 g/mol. The molecular weight excluding hydrogens is 324 g/mol. The number of hydrogen-bond donors (Lipinski definition) is 2. The molecule has 2 amide bonds. The number of carbonyl (C=O) groups excluding carboxylic acids is 1. The third kappa shape index (κ3) is 5.63. The van der Waals surface area contributed by atoms with Gasteiger partial charge in [-0.3, -0.25) is 0 Å². The fourth-order valence-electron chi connectivity index (χ4n) is 4.27. The SMILES string of the molecule is C[C@@H]1CCCN(C[C@@H](C)NC(=O)NC[C@@H]2CCN(c3ccccc3)C2)C1. The summed E-state index contributed by atoms with van der Waals surface area (Å²) in [6.07, 6.45) is 3.75. The summed E-state index contributed by atoms with van der Waals surface area (Å²) in [7, 11) is 0. The highest BCUT2D eigenvalue weighted by molar-refractivity contribution is 5.74. The van der Waals surface area contributed by atoms with Crippen LogP contribution in [0.15, 0.2) is 30.3 Å². The molecule has 2 saturated heterocycles. The van der Waals surface area contributed by atoms with E-state index in [1.54, 1.807) is 0 Å². The van der Waals surface area contributed by atoms with E-state index in [0.717, 1.165) is 51.6 Å². The van der Waals surface area contributed by atoms with Gasteiger partial charge in [0, 0.05) is 44.5 Å². The Kier molecular flexibility index (Phi) is 6.78. The zero-order chi connectivity index (χ0) is 18.4. The third-order valence-electron chi connectivity index (χ3n) is 5.61. The molecule has 5 heteroatoms. The van der Waals surface area contributed by atoms with Crippen LogP contribution in [-0.4, -0.2) is 56.2 Å². The molecular formula is C21H34N4O. The van der Waals surface area contributed by atoms with E-state index in [1.165, 1.54) is 18.5 Å². The van der Waals surface area contributed by atoms with Gasteiger partial charge in [-0.2, -0.15) is 0 Å². The van der Waals surface area contributed by atoms with Crippen molar-refractivity contribution in [3.63, 3.8) is 0 Å². The summed E-state index contributed by atoms with van der Waals surface area (Å²) in [5, 5.41) is 6.18. The van der Waals surface area contributed by atoms with E-state index < -0.39 is 0 Å². The number of carbonyl (C=O) groups is 1. The molecule has 0 spiro atoms. The van der Waals surface area contributed by atoms with Gasteiger partial charge >= 0.3 is 6.03 Å². The van der Waals surface area contributed by atoms with E-state index in [-0.39, 0.29) is 12.1 Å². The Hall–Kier alpha value is -1.75. The van der Waals surface area contributed by atoms with Gasteiger partial charge in [0.05, 0.1) is 0 Å². The highest BCUT2D eigenvalue weighted by Crippen LogP contribution is 2.22. The number of likely N-dealkylation sites (tertiary alicyclic amines) is 1. The van der Waals surface area contributed by atoms with Crippen LogP contribution in [0.4, 0.5) is 10.5 Å². The molecule has 2 N–H and O–H groups in total. The number of benzene rings is 1. The average Bonchev–Trinajstić information content (AvgIpc) is 3.10. The number of urea groups is 1. The third-order valence-corrected chi connectivity index (χ3v) is 5.61. The van der Waals surface area contributed by atoms with Crippen LogP contribution in [0, 0.1) is 11.8 Å². The maximum Gasteiger partial charge on any atom is 0.315 e. The Balaban J connectivity index is 1.34. The molecule has 26 heavy (non-hydrogen) atoms. The lowest BCUT2D eigenvalue weighted by atomic mass is 10.00. The molecule has 5 nitrogen and oxygen atoms in total. The van der Waals surface area contributed by atoms with Gasteiger partial charge in [0.1, 0.15) is 0 Å². The molecule has 144 valence electrons. The molecule has 2 aliphatic rings. The molecule has 0 bridgehead atoms. The van der Waals surface area contributed by atoms with Crippen molar-refractivity contribution in [2.45, 2.75) is 39.2 Å². The molecule has 1 aromatic carbocycles. The van der Waals surface area contributed by atoms with E-state index in [9.17, 15) is 4.79 Å². The van der Waals surface area contributed by atoms with E-state index >= 15 is 0 Å². The van der Waals surface area contributed by atoms with Gasteiger partial charge in [-0.25, -0.2) is 4.79 Å². The zero-order valence-electron chi connectivity index (χ0n) is 16.3. The van der Waals surface area contributed by atoms with E-state index in [0.29, 0.717) is 5.92 Å². The van der Waals surface area contributed by atoms with Crippen molar-refractivity contribution in [2.24, 2.45) is 11.8 Å². The number of amides is 2. The molecule has 2 aliphatic heterocycles. The second-order valence-corrected chi connectivity index (χ2v) is 8.20. The first-order valence-corrected chi connectivity index (χ1v) is 10.2. The Bertz CT molecular complexity index is 564. The van der Waals surface area contributed by atoms with Crippen LogP contribution in [0.25, 0.3) is 0 Å². The zero-order valence-corrected chi connectivity index (χ0v) is 16.3. The van der Waals surface area contributed by atoms with Gasteiger partial charge in [0.2, 0.25) is 0 Å². The maximum atomic E-state index is 12.2. The molecule has 2 fully saturated rings. The second-order valence-electron chi connectivity index (χ2n) is 8.20. The van der Waals surface area contributed by atoms with E-state index in [1.807, 2.05) is 0 Å². The Morgan fingerprint density at radius 3 is 2.77 bits per heavy atom.